The van der Waals surface area contributed by atoms with E-state index in [0.29, 0.717) is 0 Å². The number of ether oxygens (including phenoxy) is 1. The Hall–Kier alpha value is -1.68. The van der Waals surface area contributed by atoms with Crippen LogP contribution in [0, 0.1) is 0 Å². The molecule has 0 saturated carbocycles. The van der Waals surface area contributed by atoms with Crippen molar-refractivity contribution in [3.05, 3.63) is 35.9 Å². The molecule has 4 heteroatoms. The Balaban J connectivity index is 2.52. The van der Waals surface area contributed by atoms with Crippen LogP contribution in [0.4, 0.5) is 0 Å². The molecule has 1 aromatic carbocycles. The Morgan fingerprint density at radius 2 is 1.88 bits per heavy atom. The third-order valence-corrected chi connectivity index (χ3v) is 2.25. The summed E-state index contributed by atoms with van der Waals surface area (Å²) in [4.78, 5) is 22.4. The Morgan fingerprint density at radius 1 is 1.29 bits per heavy atom. The first-order chi connectivity index (χ1) is 7.92. The van der Waals surface area contributed by atoms with Crippen LogP contribution in [0.2, 0.25) is 0 Å². The summed E-state index contributed by atoms with van der Waals surface area (Å²) in [5.41, 5.74) is -0.917. The standard InChI is InChI=1S/C13H16O4/c1-10(14)8-13(2,16)12(15)17-9-11-6-4-3-5-7-11/h3-7,16H,8-9H2,1-2H3/t13-/m1/s1. The van der Waals surface area contributed by atoms with Gasteiger partial charge in [-0.1, -0.05) is 30.3 Å². The average Bonchev–Trinajstić information content (AvgIpc) is 2.25. The van der Waals surface area contributed by atoms with Gasteiger partial charge in [0.05, 0.1) is 0 Å². The van der Waals surface area contributed by atoms with Crippen LogP contribution < -0.4 is 0 Å². The second-order valence-electron chi connectivity index (χ2n) is 4.21. The van der Waals surface area contributed by atoms with Crippen LogP contribution in [-0.4, -0.2) is 22.5 Å². The highest BCUT2D eigenvalue weighted by molar-refractivity contribution is 5.87. The molecule has 1 N–H and O–H groups in total. The third-order valence-electron chi connectivity index (χ3n) is 2.25. The summed E-state index contributed by atoms with van der Waals surface area (Å²) in [5, 5.41) is 9.74. The molecule has 0 radical (unpaired) electrons. The zero-order chi connectivity index (χ0) is 12.9. The minimum Gasteiger partial charge on any atom is -0.459 e. The number of carbonyl (C=O) groups is 2. The van der Waals surface area contributed by atoms with E-state index in [4.69, 9.17) is 4.74 Å². The van der Waals surface area contributed by atoms with Crippen LogP contribution in [0.15, 0.2) is 30.3 Å². The quantitative estimate of drug-likeness (QED) is 0.786. The molecule has 0 aromatic heterocycles. The van der Waals surface area contributed by atoms with Crippen molar-refractivity contribution in [2.24, 2.45) is 0 Å². The van der Waals surface area contributed by atoms with Gasteiger partial charge in [-0.3, -0.25) is 4.79 Å². The van der Waals surface area contributed by atoms with Gasteiger partial charge in [0.1, 0.15) is 12.4 Å². The predicted molar refractivity (Wildman–Crippen MR) is 62.2 cm³/mol. The molecule has 0 spiro atoms. The summed E-state index contributed by atoms with van der Waals surface area (Å²) in [7, 11) is 0. The second kappa shape index (κ2) is 5.59. The predicted octanol–water partition coefficient (Wildman–Crippen LogP) is 1.46. The maximum absolute atomic E-state index is 11.5. The summed E-state index contributed by atoms with van der Waals surface area (Å²) in [6.45, 7) is 2.69. The zero-order valence-corrected chi connectivity index (χ0v) is 9.97. The van der Waals surface area contributed by atoms with Gasteiger partial charge in [0.15, 0.2) is 5.60 Å². The van der Waals surface area contributed by atoms with Crippen molar-refractivity contribution in [3.63, 3.8) is 0 Å². The molecule has 0 heterocycles. The van der Waals surface area contributed by atoms with Crippen molar-refractivity contribution in [1.29, 1.82) is 0 Å². The average molecular weight is 236 g/mol. The van der Waals surface area contributed by atoms with Crippen LogP contribution in [-0.2, 0) is 20.9 Å². The van der Waals surface area contributed by atoms with E-state index < -0.39 is 11.6 Å². The Morgan fingerprint density at radius 3 is 2.41 bits per heavy atom. The molecule has 0 aliphatic heterocycles. The lowest BCUT2D eigenvalue weighted by molar-refractivity contribution is -0.167. The van der Waals surface area contributed by atoms with E-state index in [2.05, 4.69) is 0 Å². The second-order valence-corrected chi connectivity index (χ2v) is 4.21. The molecule has 0 bridgehead atoms. The smallest absolute Gasteiger partial charge is 0.338 e. The fourth-order valence-corrected chi connectivity index (χ4v) is 1.44. The third kappa shape index (κ3) is 4.36. The molecule has 0 unspecified atom stereocenters. The number of Topliss-reactive ketones (excluding diaryl/α,β-unsaturated/α-hetero) is 1. The SMILES string of the molecule is CC(=O)C[C@@](C)(O)C(=O)OCc1ccccc1. The number of hydrogen-bond donors (Lipinski definition) is 1. The summed E-state index contributed by atoms with van der Waals surface area (Å²) in [5.74, 6) is -1.04. The lowest BCUT2D eigenvalue weighted by Crippen LogP contribution is -2.38. The lowest BCUT2D eigenvalue weighted by Gasteiger charge is -2.19. The molecule has 1 atom stereocenters. The fourth-order valence-electron chi connectivity index (χ4n) is 1.44. The maximum Gasteiger partial charge on any atom is 0.338 e. The Kier molecular flexibility index (Phi) is 4.40. The van der Waals surface area contributed by atoms with Gasteiger partial charge in [-0.15, -0.1) is 0 Å². The first-order valence-electron chi connectivity index (χ1n) is 5.35. The van der Waals surface area contributed by atoms with Gasteiger partial charge in [0, 0.05) is 6.42 Å². The molecule has 0 aliphatic carbocycles. The van der Waals surface area contributed by atoms with E-state index in [-0.39, 0.29) is 18.8 Å². The molecule has 1 aromatic rings. The summed E-state index contributed by atoms with van der Waals surface area (Å²) >= 11 is 0. The van der Waals surface area contributed by atoms with E-state index in [9.17, 15) is 14.7 Å². The monoisotopic (exact) mass is 236 g/mol. The van der Waals surface area contributed by atoms with Crippen molar-refractivity contribution in [1.82, 2.24) is 0 Å². The summed E-state index contributed by atoms with van der Waals surface area (Å²) in [6.07, 6.45) is -0.235. The van der Waals surface area contributed by atoms with Gasteiger partial charge in [-0.05, 0) is 19.4 Å². The number of aliphatic hydroxyl groups is 1. The van der Waals surface area contributed by atoms with Gasteiger partial charge in [0.25, 0.3) is 0 Å². The first kappa shape index (κ1) is 13.4. The molecular formula is C13H16O4. The zero-order valence-electron chi connectivity index (χ0n) is 9.97. The minimum absolute atomic E-state index is 0.0910. The van der Waals surface area contributed by atoms with E-state index in [1.54, 1.807) is 0 Å². The molecular weight excluding hydrogens is 220 g/mol. The Bertz CT molecular complexity index is 395. The van der Waals surface area contributed by atoms with Crippen LogP contribution in [0.25, 0.3) is 0 Å². The highest BCUT2D eigenvalue weighted by Gasteiger charge is 2.33. The highest BCUT2D eigenvalue weighted by Crippen LogP contribution is 2.13. The molecule has 0 amide bonds. The van der Waals surface area contributed by atoms with Crippen molar-refractivity contribution in [2.75, 3.05) is 0 Å². The van der Waals surface area contributed by atoms with Crippen LogP contribution in [0.3, 0.4) is 0 Å². The normalized spacial score (nSPS) is 13.8. The van der Waals surface area contributed by atoms with Crippen molar-refractivity contribution in [3.8, 4) is 0 Å². The molecule has 0 aliphatic rings. The summed E-state index contributed by atoms with van der Waals surface area (Å²) < 4.78 is 4.95. The number of esters is 1. The highest BCUT2D eigenvalue weighted by atomic mass is 16.5. The fraction of sp³-hybridized carbons (Fsp3) is 0.385. The lowest BCUT2D eigenvalue weighted by atomic mass is 10.0. The van der Waals surface area contributed by atoms with Crippen LogP contribution in [0.5, 0.6) is 0 Å². The molecule has 92 valence electrons. The van der Waals surface area contributed by atoms with Crippen molar-refractivity contribution in [2.45, 2.75) is 32.5 Å². The van der Waals surface area contributed by atoms with E-state index in [0.717, 1.165) is 5.56 Å². The van der Waals surface area contributed by atoms with Gasteiger partial charge in [-0.2, -0.15) is 0 Å². The largest absolute Gasteiger partial charge is 0.459 e. The Labute approximate surface area is 100 Å². The number of carbonyl (C=O) groups excluding carboxylic acids is 2. The van der Waals surface area contributed by atoms with Gasteiger partial charge in [-0.25, -0.2) is 4.79 Å². The molecule has 4 nitrogen and oxygen atoms in total. The maximum atomic E-state index is 11.5. The van der Waals surface area contributed by atoms with E-state index >= 15 is 0 Å². The van der Waals surface area contributed by atoms with Gasteiger partial charge in [0.2, 0.25) is 0 Å². The van der Waals surface area contributed by atoms with Gasteiger partial charge < -0.3 is 9.84 Å². The van der Waals surface area contributed by atoms with Crippen LogP contribution >= 0.6 is 0 Å². The van der Waals surface area contributed by atoms with Crippen LogP contribution in [0.1, 0.15) is 25.8 Å². The molecule has 0 fully saturated rings. The molecule has 1 rings (SSSR count). The number of rotatable bonds is 5. The topological polar surface area (TPSA) is 63.6 Å². The van der Waals surface area contributed by atoms with Gasteiger partial charge >= 0.3 is 5.97 Å². The number of ketones is 1. The molecule has 17 heavy (non-hydrogen) atoms. The van der Waals surface area contributed by atoms with Crippen molar-refractivity contribution >= 4 is 11.8 Å². The van der Waals surface area contributed by atoms with E-state index in [1.807, 2.05) is 30.3 Å². The van der Waals surface area contributed by atoms with Crippen molar-refractivity contribution < 1.29 is 19.4 Å². The first-order valence-corrected chi connectivity index (χ1v) is 5.35. The summed E-state index contributed by atoms with van der Waals surface area (Å²) in [6, 6.07) is 9.14. The number of benzene rings is 1. The minimum atomic E-state index is -1.75. The van der Waals surface area contributed by atoms with E-state index in [1.165, 1.54) is 13.8 Å². The number of hydrogen-bond acceptors (Lipinski definition) is 4. The molecule has 0 saturated heterocycles.